The van der Waals surface area contributed by atoms with E-state index in [1.165, 1.54) is 35.6 Å². The van der Waals surface area contributed by atoms with Gasteiger partial charge in [-0.25, -0.2) is 4.79 Å². The Morgan fingerprint density at radius 1 is 1.61 bits per heavy atom. The van der Waals surface area contributed by atoms with Gasteiger partial charge in [0.15, 0.2) is 10.9 Å². The van der Waals surface area contributed by atoms with Gasteiger partial charge >= 0.3 is 5.97 Å². The highest BCUT2D eigenvalue weighted by Crippen LogP contribution is 2.10. The number of nitrogens with one attached hydrogen (secondary N) is 1. The van der Waals surface area contributed by atoms with Gasteiger partial charge in [-0.1, -0.05) is 11.8 Å². The lowest BCUT2D eigenvalue weighted by molar-refractivity contribution is -0.140. The number of aliphatic carboxylic acids is 1. The summed E-state index contributed by atoms with van der Waals surface area (Å²) in [5.41, 5.74) is 0.179. The van der Waals surface area contributed by atoms with E-state index >= 15 is 0 Å². The zero-order valence-electron chi connectivity index (χ0n) is 9.66. The van der Waals surface area contributed by atoms with Crippen molar-refractivity contribution >= 4 is 28.8 Å². The normalized spacial score (nSPS) is 16.2. The molecule has 2 heterocycles. The Balaban J connectivity index is 2.05. The fraction of sp³-hybridized carbons (Fsp3) is 0.400. The van der Waals surface area contributed by atoms with Crippen molar-refractivity contribution in [2.24, 2.45) is 4.99 Å². The number of carboxylic acid groups (broad SMARTS) is 1. The zero-order valence-corrected chi connectivity index (χ0v) is 10.5. The lowest BCUT2D eigenvalue weighted by atomic mass is 10.3. The minimum atomic E-state index is -0.999. The van der Waals surface area contributed by atoms with Gasteiger partial charge in [-0.05, 0) is 13.0 Å². The maximum atomic E-state index is 11.8. The predicted octanol–water partition coefficient (Wildman–Crippen LogP) is 0.361. The van der Waals surface area contributed by atoms with Gasteiger partial charge in [-0.3, -0.25) is 19.8 Å². The first kappa shape index (κ1) is 12.6. The lowest BCUT2D eigenvalue weighted by Crippen LogP contribution is -2.28. The fourth-order valence-corrected chi connectivity index (χ4v) is 2.08. The van der Waals surface area contributed by atoms with Crippen molar-refractivity contribution in [1.82, 2.24) is 15.1 Å². The molecule has 1 aromatic rings. The first-order valence-electron chi connectivity index (χ1n) is 5.34. The van der Waals surface area contributed by atoms with E-state index in [4.69, 9.17) is 5.11 Å². The Morgan fingerprint density at radius 2 is 2.39 bits per heavy atom. The van der Waals surface area contributed by atoms with Crippen LogP contribution in [0.25, 0.3) is 0 Å². The molecule has 0 radical (unpaired) electrons. The van der Waals surface area contributed by atoms with Crippen LogP contribution in [0.2, 0.25) is 0 Å². The van der Waals surface area contributed by atoms with E-state index in [-0.39, 0.29) is 11.6 Å². The molecule has 1 aliphatic heterocycles. The van der Waals surface area contributed by atoms with Crippen LogP contribution in [0.1, 0.15) is 23.5 Å². The minimum Gasteiger partial charge on any atom is -0.480 e. The van der Waals surface area contributed by atoms with Gasteiger partial charge in [0.05, 0.1) is 6.54 Å². The van der Waals surface area contributed by atoms with Crippen molar-refractivity contribution < 1.29 is 14.7 Å². The second kappa shape index (κ2) is 5.21. The van der Waals surface area contributed by atoms with E-state index in [0.29, 0.717) is 11.7 Å². The summed E-state index contributed by atoms with van der Waals surface area (Å²) in [6.45, 7) is 2.19. The second-order valence-electron chi connectivity index (χ2n) is 3.68. The Hall–Kier alpha value is -1.83. The Morgan fingerprint density at radius 3 is 3.00 bits per heavy atom. The van der Waals surface area contributed by atoms with Crippen LogP contribution in [0.15, 0.2) is 17.3 Å². The predicted molar refractivity (Wildman–Crippen MR) is 66.8 cm³/mol. The van der Waals surface area contributed by atoms with Crippen LogP contribution in [-0.2, 0) is 4.79 Å². The summed E-state index contributed by atoms with van der Waals surface area (Å²) in [6, 6.07) is 0.680. The van der Waals surface area contributed by atoms with Crippen LogP contribution in [0.5, 0.6) is 0 Å². The summed E-state index contributed by atoms with van der Waals surface area (Å²) < 4.78 is 1.24. The second-order valence-corrected chi connectivity index (χ2v) is 4.77. The van der Waals surface area contributed by atoms with Crippen LogP contribution in [0, 0.1) is 0 Å². The number of amidine groups is 1. The number of amides is 1. The van der Waals surface area contributed by atoms with Crippen LogP contribution < -0.4 is 5.32 Å². The molecular formula is C10H12N4O3S. The van der Waals surface area contributed by atoms with Crippen LogP contribution in [-0.4, -0.2) is 44.2 Å². The molecule has 1 atom stereocenters. The molecule has 0 aromatic carbocycles. The number of nitrogens with zero attached hydrogens (tertiary/aromatic N) is 3. The number of carboxylic acids is 1. The van der Waals surface area contributed by atoms with E-state index < -0.39 is 12.0 Å². The highest BCUT2D eigenvalue weighted by Gasteiger charge is 2.18. The van der Waals surface area contributed by atoms with Crippen LogP contribution >= 0.6 is 11.8 Å². The molecule has 1 amide bonds. The van der Waals surface area contributed by atoms with Crippen molar-refractivity contribution in [2.45, 2.75) is 13.0 Å². The van der Waals surface area contributed by atoms with Gasteiger partial charge in [0, 0.05) is 11.9 Å². The number of rotatable bonds is 3. The molecule has 8 heteroatoms. The van der Waals surface area contributed by atoms with Gasteiger partial charge in [-0.15, -0.1) is 0 Å². The number of aliphatic imine (C=N–C) groups is 1. The maximum Gasteiger partial charge on any atom is 0.328 e. The molecule has 96 valence electrons. The summed E-state index contributed by atoms with van der Waals surface area (Å²) in [7, 11) is 0. The highest BCUT2D eigenvalue weighted by atomic mass is 32.2. The average molecular weight is 268 g/mol. The Kier molecular flexibility index (Phi) is 3.66. The average Bonchev–Trinajstić information content (AvgIpc) is 2.97. The van der Waals surface area contributed by atoms with E-state index in [1.54, 1.807) is 0 Å². The van der Waals surface area contributed by atoms with E-state index in [2.05, 4.69) is 15.4 Å². The maximum absolute atomic E-state index is 11.8. The van der Waals surface area contributed by atoms with Gasteiger partial charge in [-0.2, -0.15) is 5.10 Å². The van der Waals surface area contributed by atoms with Gasteiger partial charge < -0.3 is 5.11 Å². The summed E-state index contributed by atoms with van der Waals surface area (Å²) >= 11 is 1.47. The lowest BCUT2D eigenvalue weighted by Gasteiger charge is -2.05. The topological polar surface area (TPSA) is 96.6 Å². The standard InChI is InChI=1S/C10H12N4O3S/c1-6(9(16)17)14-4-2-7(13-14)8(15)12-10-11-3-5-18-10/h2,4,6H,3,5H2,1H3,(H,16,17)(H,11,12,15). The number of aromatic nitrogens is 2. The quantitative estimate of drug-likeness (QED) is 0.825. The monoisotopic (exact) mass is 268 g/mol. The molecule has 1 aliphatic rings. The molecule has 0 saturated carbocycles. The molecule has 2 rings (SSSR count). The number of hydrogen-bond donors (Lipinski definition) is 2. The molecule has 0 saturated heterocycles. The van der Waals surface area contributed by atoms with E-state index in [0.717, 1.165) is 5.75 Å². The minimum absolute atomic E-state index is 0.179. The van der Waals surface area contributed by atoms with E-state index in [9.17, 15) is 9.59 Å². The van der Waals surface area contributed by atoms with Crippen LogP contribution in [0.4, 0.5) is 0 Å². The largest absolute Gasteiger partial charge is 0.480 e. The van der Waals surface area contributed by atoms with Crippen LogP contribution in [0.3, 0.4) is 0 Å². The molecule has 0 fully saturated rings. The SMILES string of the molecule is CC(C(=O)O)n1ccc(C(=O)NC2=NCCS2)n1. The number of thioether (sulfide) groups is 1. The summed E-state index contributed by atoms with van der Waals surface area (Å²) in [4.78, 5) is 26.6. The first-order chi connectivity index (χ1) is 8.58. The third-order valence-electron chi connectivity index (χ3n) is 2.40. The molecule has 0 spiro atoms. The summed E-state index contributed by atoms with van der Waals surface area (Å²) in [5.74, 6) is -0.514. The Labute approximate surface area is 107 Å². The summed E-state index contributed by atoms with van der Waals surface area (Å²) in [6.07, 6.45) is 1.47. The van der Waals surface area contributed by atoms with Crippen molar-refractivity contribution in [1.29, 1.82) is 0 Å². The number of hydrogen-bond acceptors (Lipinski definition) is 5. The molecule has 0 aliphatic carbocycles. The third-order valence-corrected chi connectivity index (χ3v) is 3.29. The van der Waals surface area contributed by atoms with E-state index in [1.807, 2.05) is 0 Å². The number of carbonyl (C=O) groups excluding carboxylic acids is 1. The van der Waals surface area contributed by atoms with Crippen molar-refractivity contribution in [2.75, 3.05) is 12.3 Å². The van der Waals surface area contributed by atoms with Crippen molar-refractivity contribution in [3.05, 3.63) is 18.0 Å². The molecule has 1 unspecified atom stereocenters. The van der Waals surface area contributed by atoms with Crippen molar-refractivity contribution in [3.63, 3.8) is 0 Å². The van der Waals surface area contributed by atoms with Gasteiger partial charge in [0.2, 0.25) is 0 Å². The number of carbonyl (C=O) groups is 2. The molecular weight excluding hydrogens is 256 g/mol. The molecule has 2 N–H and O–H groups in total. The zero-order chi connectivity index (χ0) is 13.1. The molecule has 7 nitrogen and oxygen atoms in total. The smallest absolute Gasteiger partial charge is 0.328 e. The van der Waals surface area contributed by atoms with Gasteiger partial charge in [0.1, 0.15) is 6.04 Å². The summed E-state index contributed by atoms with van der Waals surface area (Å²) in [5, 5.41) is 16.0. The fourth-order valence-electron chi connectivity index (χ4n) is 1.36. The molecule has 18 heavy (non-hydrogen) atoms. The molecule has 1 aromatic heterocycles. The Bertz CT molecular complexity index is 511. The highest BCUT2D eigenvalue weighted by molar-refractivity contribution is 8.14. The van der Waals surface area contributed by atoms with Crippen molar-refractivity contribution in [3.8, 4) is 0 Å². The van der Waals surface area contributed by atoms with Gasteiger partial charge in [0.25, 0.3) is 5.91 Å². The molecule has 0 bridgehead atoms. The first-order valence-corrected chi connectivity index (χ1v) is 6.33. The third kappa shape index (κ3) is 2.70.